The Morgan fingerprint density at radius 2 is 2.06 bits per heavy atom. The van der Waals surface area contributed by atoms with E-state index in [0.717, 1.165) is 16.5 Å². The Morgan fingerprint density at radius 1 is 1.33 bits per heavy atom. The number of fused-ring (bicyclic) bond motifs is 1. The van der Waals surface area contributed by atoms with E-state index in [0.29, 0.717) is 13.1 Å². The highest BCUT2D eigenvalue weighted by Crippen LogP contribution is 2.21. The van der Waals surface area contributed by atoms with Crippen LogP contribution in [0.15, 0.2) is 34.9 Å². The second-order valence-corrected chi connectivity index (χ2v) is 5.37. The molecule has 0 aliphatic rings. The van der Waals surface area contributed by atoms with E-state index in [4.69, 9.17) is 4.42 Å². The summed E-state index contributed by atoms with van der Waals surface area (Å²) in [5, 5.41) is 14.6. The van der Waals surface area contributed by atoms with Crippen LogP contribution in [0.2, 0.25) is 0 Å². The fourth-order valence-electron chi connectivity index (χ4n) is 1.82. The fraction of sp³-hybridized carbons (Fsp3) is 0.467. The van der Waals surface area contributed by atoms with Crippen molar-refractivity contribution in [1.82, 2.24) is 5.32 Å². The van der Waals surface area contributed by atoms with Gasteiger partial charge in [0.25, 0.3) is 0 Å². The summed E-state index contributed by atoms with van der Waals surface area (Å²) in [5.74, 6) is 0.228. The average Bonchev–Trinajstić information content (AvgIpc) is 2.72. The van der Waals surface area contributed by atoms with Gasteiger partial charge in [0.05, 0.1) is 11.9 Å². The van der Waals surface area contributed by atoms with Crippen LogP contribution in [0.5, 0.6) is 0 Å². The largest absolute Gasteiger partial charge is 0.464 e. The molecule has 2 aromatic rings. The molecule has 1 unspecified atom stereocenters. The van der Waals surface area contributed by atoms with Crippen LogP contribution in [0.1, 0.15) is 26.3 Å². The average molecular weight is 247 g/mol. The van der Waals surface area contributed by atoms with Gasteiger partial charge >= 0.3 is 0 Å². The number of aliphatic hydroxyl groups is 1. The standard InChI is InChI=1S/C15H21NO2/c1-11(2)15(3,17)10-16-8-12-9-18-14-7-5-4-6-13(12)14/h4-7,9,11,16-17H,8,10H2,1-3H3. The molecule has 0 bridgehead atoms. The second kappa shape index (κ2) is 5.12. The van der Waals surface area contributed by atoms with Gasteiger partial charge in [0.15, 0.2) is 0 Å². The highest BCUT2D eigenvalue weighted by molar-refractivity contribution is 5.80. The highest BCUT2D eigenvalue weighted by atomic mass is 16.3. The van der Waals surface area contributed by atoms with Gasteiger partial charge in [-0.25, -0.2) is 0 Å². The zero-order valence-electron chi connectivity index (χ0n) is 11.2. The Balaban J connectivity index is 1.99. The maximum absolute atomic E-state index is 10.1. The molecule has 1 heterocycles. The predicted octanol–water partition coefficient (Wildman–Crippen LogP) is 2.93. The van der Waals surface area contributed by atoms with Crippen LogP contribution in [0.25, 0.3) is 11.0 Å². The van der Waals surface area contributed by atoms with Crippen molar-refractivity contribution in [3.63, 3.8) is 0 Å². The first-order valence-corrected chi connectivity index (χ1v) is 6.39. The molecule has 0 saturated heterocycles. The molecule has 0 fully saturated rings. The molecule has 0 saturated carbocycles. The monoisotopic (exact) mass is 247 g/mol. The van der Waals surface area contributed by atoms with Gasteiger partial charge in [0, 0.05) is 24.0 Å². The van der Waals surface area contributed by atoms with E-state index in [1.807, 2.05) is 39.0 Å². The molecule has 3 nitrogen and oxygen atoms in total. The lowest BCUT2D eigenvalue weighted by atomic mass is 9.92. The van der Waals surface area contributed by atoms with Gasteiger partial charge in [0.1, 0.15) is 5.58 Å². The number of furan rings is 1. The topological polar surface area (TPSA) is 45.4 Å². The first-order valence-electron chi connectivity index (χ1n) is 6.39. The molecule has 0 aliphatic carbocycles. The summed E-state index contributed by atoms with van der Waals surface area (Å²) in [6.07, 6.45) is 1.78. The van der Waals surface area contributed by atoms with Gasteiger partial charge in [-0.05, 0) is 18.9 Å². The number of nitrogens with one attached hydrogen (secondary N) is 1. The quantitative estimate of drug-likeness (QED) is 0.854. The third-order valence-corrected chi connectivity index (χ3v) is 3.60. The van der Waals surface area contributed by atoms with Crippen molar-refractivity contribution in [2.24, 2.45) is 5.92 Å². The lowest BCUT2D eigenvalue weighted by Gasteiger charge is -2.27. The summed E-state index contributed by atoms with van der Waals surface area (Å²) in [6, 6.07) is 7.98. The van der Waals surface area contributed by atoms with Crippen molar-refractivity contribution < 1.29 is 9.52 Å². The summed E-state index contributed by atoms with van der Waals surface area (Å²) >= 11 is 0. The maximum atomic E-state index is 10.1. The molecule has 2 rings (SSSR count). The minimum atomic E-state index is -0.681. The van der Waals surface area contributed by atoms with Gasteiger partial charge in [-0.3, -0.25) is 0 Å². The van der Waals surface area contributed by atoms with Crippen LogP contribution in [-0.4, -0.2) is 17.3 Å². The number of hydrogen-bond donors (Lipinski definition) is 2. The van der Waals surface area contributed by atoms with Crippen molar-refractivity contribution in [3.05, 3.63) is 36.1 Å². The molecule has 18 heavy (non-hydrogen) atoms. The lowest BCUT2D eigenvalue weighted by molar-refractivity contribution is 0.0140. The van der Waals surface area contributed by atoms with E-state index in [9.17, 15) is 5.11 Å². The molecule has 0 radical (unpaired) electrons. The van der Waals surface area contributed by atoms with E-state index in [2.05, 4.69) is 11.4 Å². The SMILES string of the molecule is CC(C)C(C)(O)CNCc1coc2ccccc12. The maximum Gasteiger partial charge on any atom is 0.134 e. The molecule has 3 heteroatoms. The van der Waals surface area contributed by atoms with Crippen molar-refractivity contribution >= 4 is 11.0 Å². The van der Waals surface area contributed by atoms with E-state index in [1.54, 1.807) is 6.26 Å². The van der Waals surface area contributed by atoms with Gasteiger partial charge in [-0.1, -0.05) is 32.0 Å². The third-order valence-electron chi connectivity index (χ3n) is 3.60. The first kappa shape index (κ1) is 13.1. The van der Waals surface area contributed by atoms with Crippen LogP contribution < -0.4 is 5.32 Å². The predicted molar refractivity (Wildman–Crippen MR) is 73.4 cm³/mol. The van der Waals surface area contributed by atoms with Crippen molar-refractivity contribution in [2.45, 2.75) is 32.9 Å². The molecule has 0 amide bonds. The number of benzene rings is 1. The third kappa shape index (κ3) is 2.74. The van der Waals surface area contributed by atoms with Crippen LogP contribution in [0.3, 0.4) is 0 Å². The van der Waals surface area contributed by atoms with Crippen LogP contribution >= 0.6 is 0 Å². The van der Waals surface area contributed by atoms with Crippen molar-refractivity contribution in [1.29, 1.82) is 0 Å². The van der Waals surface area contributed by atoms with Gasteiger partial charge in [0.2, 0.25) is 0 Å². The fourth-order valence-corrected chi connectivity index (χ4v) is 1.82. The van der Waals surface area contributed by atoms with Gasteiger partial charge in [-0.2, -0.15) is 0 Å². The van der Waals surface area contributed by atoms with E-state index < -0.39 is 5.60 Å². The van der Waals surface area contributed by atoms with Gasteiger partial charge < -0.3 is 14.8 Å². The molecule has 1 atom stereocenters. The molecule has 98 valence electrons. The summed E-state index contributed by atoms with van der Waals surface area (Å²) in [7, 11) is 0. The lowest BCUT2D eigenvalue weighted by Crippen LogP contribution is -2.41. The second-order valence-electron chi connectivity index (χ2n) is 5.37. The Bertz CT molecular complexity index is 514. The summed E-state index contributed by atoms with van der Waals surface area (Å²) in [5.41, 5.74) is 1.36. The van der Waals surface area contributed by atoms with E-state index in [1.165, 1.54) is 0 Å². The zero-order chi connectivity index (χ0) is 13.2. The molecular weight excluding hydrogens is 226 g/mol. The number of para-hydroxylation sites is 1. The number of hydrogen-bond acceptors (Lipinski definition) is 3. The highest BCUT2D eigenvalue weighted by Gasteiger charge is 2.24. The summed E-state index contributed by atoms with van der Waals surface area (Å²) in [4.78, 5) is 0. The van der Waals surface area contributed by atoms with Gasteiger partial charge in [-0.15, -0.1) is 0 Å². The van der Waals surface area contributed by atoms with Crippen LogP contribution in [-0.2, 0) is 6.54 Å². The minimum absolute atomic E-state index is 0.228. The molecule has 1 aromatic carbocycles. The number of rotatable bonds is 5. The Labute approximate surface area is 108 Å². The summed E-state index contributed by atoms with van der Waals surface area (Å²) in [6.45, 7) is 7.19. The Morgan fingerprint density at radius 3 is 2.78 bits per heavy atom. The first-order chi connectivity index (χ1) is 8.50. The Hall–Kier alpha value is -1.32. The molecule has 0 aliphatic heterocycles. The summed E-state index contributed by atoms with van der Waals surface area (Å²) < 4.78 is 5.48. The molecule has 0 spiro atoms. The van der Waals surface area contributed by atoms with E-state index in [-0.39, 0.29) is 5.92 Å². The van der Waals surface area contributed by atoms with Crippen LogP contribution in [0, 0.1) is 5.92 Å². The smallest absolute Gasteiger partial charge is 0.134 e. The molecule has 2 N–H and O–H groups in total. The molecular formula is C15H21NO2. The van der Waals surface area contributed by atoms with Crippen molar-refractivity contribution in [3.8, 4) is 0 Å². The normalized spacial score (nSPS) is 15.2. The molecule has 1 aromatic heterocycles. The minimum Gasteiger partial charge on any atom is -0.464 e. The Kier molecular flexibility index (Phi) is 3.73. The zero-order valence-corrected chi connectivity index (χ0v) is 11.2. The van der Waals surface area contributed by atoms with Crippen molar-refractivity contribution in [2.75, 3.05) is 6.54 Å². The van der Waals surface area contributed by atoms with E-state index >= 15 is 0 Å². The van der Waals surface area contributed by atoms with Crippen LogP contribution in [0.4, 0.5) is 0 Å².